The largest absolute Gasteiger partial charge is 0.459 e. The molecule has 2 aliphatic rings. The number of rotatable bonds is 4. The minimum atomic E-state index is -0.966. The van der Waals surface area contributed by atoms with E-state index in [2.05, 4.69) is 0 Å². The second-order valence-corrected chi connectivity index (χ2v) is 9.15. The molecule has 0 unspecified atom stereocenters. The van der Waals surface area contributed by atoms with E-state index in [1.165, 1.54) is 4.90 Å². The number of anilines is 2. The Hall–Kier alpha value is -3.58. The molecule has 6 rings (SSSR count). The van der Waals surface area contributed by atoms with Crippen LogP contribution in [0.25, 0.3) is 11.3 Å². The third-order valence-corrected chi connectivity index (χ3v) is 7.00. The van der Waals surface area contributed by atoms with Crippen LogP contribution < -0.4 is 9.96 Å². The highest BCUT2D eigenvalue weighted by Gasteiger charge is 2.61. The lowest BCUT2D eigenvalue weighted by molar-refractivity contribution is -0.126. The number of hydroxylamine groups is 1. The highest BCUT2D eigenvalue weighted by molar-refractivity contribution is 6.42. The first-order valence-corrected chi connectivity index (χ1v) is 11.8. The summed E-state index contributed by atoms with van der Waals surface area (Å²) in [5.41, 5.74) is 1.97. The summed E-state index contributed by atoms with van der Waals surface area (Å²) in [6.45, 7) is 0. The van der Waals surface area contributed by atoms with Crippen LogP contribution in [0.1, 0.15) is 11.8 Å². The normalized spacial score (nSPS) is 21.6. The maximum atomic E-state index is 13.6. The van der Waals surface area contributed by atoms with E-state index in [1.807, 2.05) is 42.5 Å². The SMILES string of the molecule is O=C1[C@H]2[C@@H](c3ccc(-c4ccc(Cl)c(Cl)c4)o3)N(c3ccccc3)O[C@H]2C(=O)N1c1ccccc1. The molecule has 4 aromatic rings. The van der Waals surface area contributed by atoms with Crippen LogP contribution in [0.4, 0.5) is 11.4 Å². The number of carbonyl (C=O) groups excluding carboxylic acids is 2. The molecule has 2 amide bonds. The van der Waals surface area contributed by atoms with Crippen LogP contribution in [0.5, 0.6) is 0 Å². The van der Waals surface area contributed by atoms with Crippen molar-refractivity contribution in [1.29, 1.82) is 0 Å². The average Bonchev–Trinajstić information content (AvgIpc) is 3.57. The lowest BCUT2D eigenvalue weighted by Gasteiger charge is -2.27. The number of fused-ring (bicyclic) bond motifs is 1. The van der Waals surface area contributed by atoms with Crippen molar-refractivity contribution in [2.24, 2.45) is 5.92 Å². The summed E-state index contributed by atoms with van der Waals surface area (Å²) in [4.78, 5) is 34.3. The smallest absolute Gasteiger partial charge is 0.266 e. The van der Waals surface area contributed by atoms with E-state index < -0.39 is 24.0 Å². The molecule has 35 heavy (non-hydrogen) atoms. The third kappa shape index (κ3) is 3.62. The zero-order chi connectivity index (χ0) is 24.1. The van der Waals surface area contributed by atoms with Crippen LogP contribution in [-0.4, -0.2) is 17.9 Å². The second-order valence-electron chi connectivity index (χ2n) is 8.34. The molecule has 2 aliphatic heterocycles. The first kappa shape index (κ1) is 21.9. The number of carbonyl (C=O) groups is 2. The van der Waals surface area contributed by atoms with Gasteiger partial charge in [0, 0.05) is 5.56 Å². The number of nitrogens with zero attached hydrogens (tertiary/aromatic N) is 2. The Kier molecular flexibility index (Phi) is 5.37. The molecule has 3 heterocycles. The Labute approximate surface area is 211 Å². The molecular formula is C27H18Cl2N2O4. The summed E-state index contributed by atoms with van der Waals surface area (Å²) in [5.74, 6) is -0.450. The predicted molar refractivity (Wildman–Crippen MR) is 133 cm³/mol. The molecule has 0 saturated carbocycles. The van der Waals surface area contributed by atoms with Crippen LogP contribution in [0, 0.1) is 5.92 Å². The van der Waals surface area contributed by atoms with Crippen LogP contribution in [0.15, 0.2) is 95.4 Å². The van der Waals surface area contributed by atoms with Gasteiger partial charge in [-0.2, -0.15) is 0 Å². The number of hydrogen-bond acceptors (Lipinski definition) is 5. The predicted octanol–water partition coefficient (Wildman–Crippen LogP) is 6.30. The van der Waals surface area contributed by atoms with Crippen molar-refractivity contribution in [3.05, 3.63) is 107 Å². The van der Waals surface area contributed by atoms with Crippen LogP contribution in [0.3, 0.4) is 0 Å². The van der Waals surface area contributed by atoms with Crippen molar-refractivity contribution >= 4 is 46.4 Å². The first-order chi connectivity index (χ1) is 17.0. The molecule has 0 spiro atoms. The Morgan fingerprint density at radius 2 is 1.40 bits per heavy atom. The van der Waals surface area contributed by atoms with Gasteiger partial charge in [-0.15, -0.1) is 0 Å². The molecule has 174 valence electrons. The van der Waals surface area contributed by atoms with E-state index in [0.29, 0.717) is 32.9 Å². The molecule has 0 bridgehead atoms. The van der Waals surface area contributed by atoms with Crippen molar-refractivity contribution in [1.82, 2.24) is 0 Å². The average molecular weight is 505 g/mol. The maximum absolute atomic E-state index is 13.6. The number of para-hydroxylation sites is 2. The molecule has 0 N–H and O–H groups in total. The van der Waals surface area contributed by atoms with Crippen LogP contribution in [-0.2, 0) is 14.4 Å². The Balaban J connectivity index is 1.42. The third-order valence-electron chi connectivity index (χ3n) is 6.26. The quantitative estimate of drug-likeness (QED) is 0.305. The summed E-state index contributed by atoms with van der Waals surface area (Å²) in [6.07, 6.45) is -0.966. The van der Waals surface area contributed by atoms with Gasteiger partial charge in [0.05, 0.1) is 21.4 Å². The molecule has 0 radical (unpaired) electrons. The number of benzene rings is 3. The minimum absolute atomic E-state index is 0.331. The Bertz CT molecular complexity index is 1420. The van der Waals surface area contributed by atoms with Crippen molar-refractivity contribution in [3.63, 3.8) is 0 Å². The van der Waals surface area contributed by atoms with Crippen molar-refractivity contribution in [2.45, 2.75) is 12.1 Å². The van der Waals surface area contributed by atoms with Gasteiger partial charge in [-0.05, 0) is 54.6 Å². The lowest BCUT2D eigenvalue weighted by atomic mass is 9.94. The number of imide groups is 1. The van der Waals surface area contributed by atoms with Gasteiger partial charge >= 0.3 is 0 Å². The van der Waals surface area contributed by atoms with Gasteiger partial charge in [0.15, 0.2) is 6.10 Å². The van der Waals surface area contributed by atoms with Gasteiger partial charge in [0.25, 0.3) is 5.91 Å². The van der Waals surface area contributed by atoms with E-state index in [1.54, 1.807) is 53.6 Å². The highest BCUT2D eigenvalue weighted by atomic mass is 35.5. The molecule has 1 aromatic heterocycles. The van der Waals surface area contributed by atoms with Crippen molar-refractivity contribution in [3.8, 4) is 11.3 Å². The molecular weight excluding hydrogens is 487 g/mol. The van der Waals surface area contributed by atoms with Crippen molar-refractivity contribution < 1.29 is 18.8 Å². The molecule has 3 aromatic carbocycles. The summed E-state index contributed by atoms with van der Waals surface area (Å²) < 4.78 is 6.23. The summed E-state index contributed by atoms with van der Waals surface area (Å²) in [6, 6.07) is 26.4. The molecule has 6 nitrogen and oxygen atoms in total. The van der Waals surface area contributed by atoms with Crippen molar-refractivity contribution in [2.75, 3.05) is 9.96 Å². The molecule has 2 saturated heterocycles. The van der Waals surface area contributed by atoms with E-state index in [-0.39, 0.29) is 5.91 Å². The van der Waals surface area contributed by atoms with Gasteiger partial charge in [0.2, 0.25) is 5.91 Å². The highest BCUT2D eigenvalue weighted by Crippen LogP contribution is 2.48. The van der Waals surface area contributed by atoms with E-state index in [4.69, 9.17) is 32.5 Å². The maximum Gasteiger partial charge on any atom is 0.266 e. The number of amides is 2. The lowest BCUT2D eigenvalue weighted by Crippen LogP contribution is -2.37. The zero-order valence-corrected chi connectivity index (χ0v) is 19.7. The van der Waals surface area contributed by atoms with Gasteiger partial charge in [0.1, 0.15) is 23.5 Å². The topological polar surface area (TPSA) is 63.0 Å². The zero-order valence-electron chi connectivity index (χ0n) is 18.2. The number of furan rings is 1. The number of halogens is 2. The van der Waals surface area contributed by atoms with Gasteiger partial charge in [-0.25, -0.2) is 9.96 Å². The molecule has 0 aliphatic carbocycles. The first-order valence-electron chi connectivity index (χ1n) is 11.0. The fourth-order valence-electron chi connectivity index (χ4n) is 4.65. The summed E-state index contributed by atoms with van der Waals surface area (Å²) in [5, 5.41) is 2.46. The standard InChI is InChI=1S/C27H18Cl2N2O4/c28-19-12-11-16(15-20(19)29)21-13-14-22(34-21)24-23-25(35-31(24)18-9-5-2-6-10-18)27(33)30(26(23)32)17-7-3-1-4-8-17/h1-15,23-25H/t23-,24+,25+/m0/s1. The van der Waals surface area contributed by atoms with Crippen LogP contribution >= 0.6 is 23.2 Å². The van der Waals surface area contributed by atoms with E-state index in [9.17, 15) is 9.59 Å². The monoisotopic (exact) mass is 504 g/mol. The fourth-order valence-corrected chi connectivity index (χ4v) is 4.95. The second kappa shape index (κ2) is 8.57. The molecule has 2 fully saturated rings. The molecule has 3 atom stereocenters. The Morgan fingerprint density at radius 3 is 2.09 bits per heavy atom. The number of hydrogen-bond donors (Lipinski definition) is 0. The van der Waals surface area contributed by atoms with Crippen LogP contribution in [0.2, 0.25) is 10.0 Å². The Morgan fingerprint density at radius 1 is 0.714 bits per heavy atom. The van der Waals surface area contributed by atoms with Gasteiger partial charge in [-0.1, -0.05) is 59.6 Å². The summed E-state index contributed by atoms with van der Waals surface area (Å²) in [7, 11) is 0. The van der Waals surface area contributed by atoms with Gasteiger partial charge in [-0.3, -0.25) is 14.4 Å². The van der Waals surface area contributed by atoms with Gasteiger partial charge < -0.3 is 4.42 Å². The molecule has 8 heteroatoms. The fraction of sp³-hybridized carbons (Fsp3) is 0.111. The van der Waals surface area contributed by atoms with E-state index >= 15 is 0 Å². The van der Waals surface area contributed by atoms with E-state index in [0.717, 1.165) is 5.56 Å². The summed E-state index contributed by atoms with van der Waals surface area (Å²) >= 11 is 12.3. The minimum Gasteiger partial charge on any atom is -0.459 e.